The molecule has 0 saturated carbocycles. The van der Waals surface area contributed by atoms with Gasteiger partial charge < -0.3 is 20.3 Å². The second kappa shape index (κ2) is 14.1. The third-order valence-electron chi connectivity index (χ3n) is 7.20. The Kier molecular flexibility index (Phi) is 10.4. The van der Waals surface area contributed by atoms with E-state index in [1.807, 2.05) is 29.4 Å². The third-order valence-corrected chi connectivity index (χ3v) is 7.84. The lowest BCUT2D eigenvalue weighted by Crippen LogP contribution is -2.52. The second-order valence-corrected chi connectivity index (χ2v) is 11.0. The average molecular weight is 552 g/mol. The van der Waals surface area contributed by atoms with E-state index in [4.69, 9.17) is 0 Å². The fourth-order valence-electron chi connectivity index (χ4n) is 5.25. The molecule has 4 rings (SSSR count). The molecule has 208 valence electrons. The topological polar surface area (TPSA) is 119 Å². The highest BCUT2D eigenvalue weighted by atomic mass is 32.2. The van der Waals surface area contributed by atoms with Crippen LogP contribution in [-0.2, 0) is 27.3 Å². The number of benzene rings is 2. The van der Waals surface area contributed by atoms with Gasteiger partial charge >= 0.3 is 5.97 Å². The predicted octanol–water partition coefficient (Wildman–Crippen LogP) is 3.31. The molecule has 0 bridgehead atoms. The molecule has 2 atom stereocenters. The van der Waals surface area contributed by atoms with Gasteiger partial charge in [0.25, 0.3) is 0 Å². The van der Waals surface area contributed by atoms with Crippen LogP contribution in [0.25, 0.3) is 10.8 Å². The van der Waals surface area contributed by atoms with Crippen LogP contribution in [0.1, 0.15) is 36.9 Å². The van der Waals surface area contributed by atoms with E-state index in [9.17, 15) is 19.5 Å². The van der Waals surface area contributed by atoms with Crippen LogP contribution in [0.3, 0.4) is 0 Å². The zero-order valence-corrected chi connectivity index (χ0v) is 23.2. The molecule has 39 heavy (non-hydrogen) atoms. The number of carbonyl (C=O) groups is 3. The molecule has 1 saturated heterocycles. The Morgan fingerprint density at radius 2 is 2.03 bits per heavy atom. The highest BCUT2D eigenvalue weighted by molar-refractivity contribution is 7.98. The monoisotopic (exact) mass is 551 g/mol. The fourth-order valence-corrected chi connectivity index (χ4v) is 5.73. The van der Waals surface area contributed by atoms with E-state index in [1.165, 1.54) is 0 Å². The SMILES string of the molecule is CSCC[C@H](NC(=O)CN(Cc1cccc2ccccc12)C[C@@H]1CCCCN1C(=O)Cc1cnc[nH]1)C(=O)O. The minimum absolute atomic E-state index is 0.0382. The summed E-state index contributed by atoms with van der Waals surface area (Å²) in [5, 5.41) is 14.6. The first-order valence-corrected chi connectivity index (χ1v) is 14.8. The molecule has 1 fully saturated rings. The molecule has 1 aliphatic rings. The summed E-state index contributed by atoms with van der Waals surface area (Å²) in [5.74, 6) is -0.663. The summed E-state index contributed by atoms with van der Waals surface area (Å²) in [6, 6.07) is 13.3. The molecule has 0 spiro atoms. The van der Waals surface area contributed by atoms with Crippen LogP contribution in [0.15, 0.2) is 55.0 Å². The summed E-state index contributed by atoms with van der Waals surface area (Å²) in [7, 11) is 0. The Balaban J connectivity index is 1.53. The molecule has 2 heterocycles. The Morgan fingerprint density at radius 3 is 2.79 bits per heavy atom. The normalized spacial score (nSPS) is 16.4. The molecular formula is C29H37N5O4S. The van der Waals surface area contributed by atoms with Crippen molar-refractivity contribution in [1.29, 1.82) is 0 Å². The van der Waals surface area contributed by atoms with Crippen molar-refractivity contribution in [2.75, 3.05) is 31.6 Å². The highest BCUT2D eigenvalue weighted by Gasteiger charge is 2.30. The number of fused-ring (bicyclic) bond motifs is 1. The highest BCUT2D eigenvalue weighted by Crippen LogP contribution is 2.23. The molecule has 1 aliphatic heterocycles. The van der Waals surface area contributed by atoms with E-state index in [-0.39, 0.29) is 30.8 Å². The number of aromatic nitrogens is 2. The van der Waals surface area contributed by atoms with Crippen LogP contribution < -0.4 is 5.32 Å². The van der Waals surface area contributed by atoms with Gasteiger partial charge in [-0.15, -0.1) is 0 Å². The lowest BCUT2D eigenvalue weighted by molar-refractivity contribution is -0.142. The van der Waals surface area contributed by atoms with Crippen LogP contribution >= 0.6 is 11.8 Å². The quantitative estimate of drug-likeness (QED) is 0.298. The molecule has 0 aliphatic carbocycles. The van der Waals surface area contributed by atoms with Gasteiger partial charge in [-0.3, -0.25) is 14.5 Å². The summed E-state index contributed by atoms with van der Waals surface area (Å²) in [6.07, 6.45) is 8.60. The first-order valence-electron chi connectivity index (χ1n) is 13.4. The summed E-state index contributed by atoms with van der Waals surface area (Å²) in [6.45, 7) is 1.76. The van der Waals surface area contributed by atoms with Gasteiger partial charge in [-0.05, 0) is 54.0 Å². The van der Waals surface area contributed by atoms with Gasteiger partial charge in [0.2, 0.25) is 11.8 Å². The first kappa shape index (κ1) is 28.6. The van der Waals surface area contributed by atoms with E-state index < -0.39 is 12.0 Å². The molecule has 1 aromatic heterocycles. The summed E-state index contributed by atoms with van der Waals surface area (Å²) in [4.78, 5) is 49.2. The number of amides is 2. The Hall–Kier alpha value is -3.37. The van der Waals surface area contributed by atoms with Gasteiger partial charge in [-0.1, -0.05) is 42.5 Å². The van der Waals surface area contributed by atoms with Crippen molar-refractivity contribution < 1.29 is 19.5 Å². The van der Waals surface area contributed by atoms with Gasteiger partial charge in [0.05, 0.1) is 19.3 Å². The number of thioether (sulfide) groups is 1. The molecule has 3 N–H and O–H groups in total. The number of carbonyl (C=O) groups excluding carboxylic acids is 2. The maximum atomic E-state index is 13.2. The lowest BCUT2D eigenvalue weighted by atomic mass is 9.99. The summed E-state index contributed by atoms with van der Waals surface area (Å²) < 4.78 is 0. The number of likely N-dealkylation sites (tertiary alicyclic amines) is 1. The maximum Gasteiger partial charge on any atom is 0.326 e. The number of aliphatic carboxylic acids is 1. The van der Waals surface area contributed by atoms with Gasteiger partial charge in [0, 0.05) is 37.6 Å². The predicted molar refractivity (Wildman–Crippen MR) is 153 cm³/mol. The van der Waals surface area contributed by atoms with Gasteiger partial charge in [0.1, 0.15) is 6.04 Å². The van der Waals surface area contributed by atoms with E-state index in [0.29, 0.717) is 31.8 Å². The van der Waals surface area contributed by atoms with E-state index >= 15 is 0 Å². The average Bonchev–Trinajstić information content (AvgIpc) is 3.44. The van der Waals surface area contributed by atoms with Crippen molar-refractivity contribution in [2.45, 2.75) is 50.7 Å². The largest absolute Gasteiger partial charge is 0.480 e. The third kappa shape index (κ3) is 8.06. The smallest absolute Gasteiger partial charge is 0.326 e. The van der Waals surface area contributed by atoms with Gasteiger partial charge in [-0.2, -0.15) is 11.8 Å². The van der Waals surface area contributed by atoms with Crippen molar-refractivity contribution in [2.24, 2.45) is 0 Å². The minimum Gasteiger partial charge on any atom is -0.480 e. The van der Waals surface area contributed by atoms with Crippen LogP contribution in [0.2, 0.25) is 0 Å². The van der Waals surface area contributed by atoms with Crippen molar-refractivity contribution in [1.82, 2.24) is 25.1 Å². The van der Waals surface area contributed by atoms with Crippen molar-refractivity contribution >= 4 is 40.3 Å². The molecule has 9 nitrogen and oxygen atoms in total. The minimum atomic E-state index is -1.03. The zero-order valence-electron chi connectivity index (χ0n) is 22.3. The van der Waals surface area contributed by atoms with E-state index in [1.54, 1.807) is 24.3 Å². The number of aromatic amines is 1. The number of rotatable bonds is 13. The molecule has 2 aromatic carbocycles. The van der Waals surface area contributed by atoms with Crippen molar-refractivity contribution in [3.63, 3.8) is 0 Å². The van der Waals surface area contributed by atoms with Gasteiger partial charge in [-0.25, -0.2) is 9.78 Å². The number of carboxylic acids is 1. The zero-order chi connectivity index (χ0) is 27.6. The maximum absolute atomic E-state index is 13.2. The Labute approximate surface area is 233 Å². The molecular weight excluding hydrogens is 514 g/mol. The number of piperidine rings is 1. The fraction of sp³-hybridized carbons (Fsp3) is 0.448. The van der Waals surface area contributed by atoms with Crippen LogP contribution in [0.5, 0.6) is 0 Å². The van der Waals surface area contributed by atoms with Gasteiger partial charge in [0.15, 0.2) is 0 Å². The van der Waals surface area contributed by atoms with Crippen LogP contribution in [0.4, 0.5) is 0 Å². The van der Waals surface area contributed by atoms with E-state index in [0.717, 1.165) is 41.3 Å². The second-order valence-electron chi connectivity index (χ2n) is 10.0. The summed E-state index contributed by atoms with van der Waals surface area (Å²) in [5.41, 5.74) is 1.87. The standard InChI is InChI=1S/C29H37N5O4S/c1-39-14-12-26(29(37)38)32-27(35)19-33(17-22-9-6-8-21-7-2-3-11-25(21)22)18-24-10-4-5-13-34(24)28(36)15-23-16-30-20-31-23/h2-3,6-9,11,16,20,24,26H,4-5,10,12-15,17-19H2,1H3,(H,30,31)(H,32,35)(H,37,38)/t24-,26-/m0/s1. The number of nitrogens with one attached hydrogen (secondary N) is 2. The lowest BCUT2D eigenvalue weighted by Gasteiger charge is -2.39. The molecule has 0 radical (unpaired) electrons. The number of imidazole rings is 1. The molecule has 3 aromatic rings. The molecule has 2 amide bonds. The van der Waals surface area contributed by atoms with Crippen molar-refractivity contribution in [3.05, 3.63) is 66.2 Å². The van der Waals surface area contributed by atoms with Crippen LogP contribution in [-0.4, -0.2) is 86.4 Å². The van der Waals surface area contributed by atoms with Crippen molar-refractivity contribution in [3.8, 4) is 0 Å². The number of nitrogens with zero attached hydrogens (tertiary/aromatic N) is 3. The number of carboxylic acid groups (broad SMARTS) is 1. The Morgan fingerprint density at radius 1 is 1.21 bits per heavy atom. The number of hydrogen-bond donors (Lipinski definition) is 3. The first-order chi connectivity index (χ1) is 18.9. The number of hydrogen-bond acceptors (Lipinski definition) is 6. The molecule has 0 unspecified atom stereocenters. The molecule has 10 heteroatoms. The van der Waals surface area contributed by atoms with Crippen LogP contribution in [0, 0.1) is 0 Å². The summed E-state index contributed by atoms with van der Waals surface area (Å²) >= 11 is 1.55. The Bertz CT molecular complexity index is 1250. The number of H-pyrrole nitrogens is 1. The van der Waals surface area contributed by atoms with E-state index in [2.05, 4.69) is 44.5 Å².